The van der Waals surface area contributed by atoms with Crippen molar-refractivity contribution in [2.75, 3.05) is 5.32 Å². The summed E-state index contributed by atoms with van der Waals surface area (Å²) in [5.74, 6) is 1.54. The Bertz CT molecular complexity index is 918. The highest BCUT2D eigenvalue weighted by Gasteiger charge is 2.34. The maximum atomic E-state index is 13.2. The van der Waals surface area contributed by atoms with Crippen molar-refractivity contribution in [1.29, 1.82) is 0 Å². The van der Waals surface area contributed by atoms with E-state index in [2.05, 4.69) is 27.7 Å². The number of alkyl carbamates (subject to hydrolysis) is 1. The smallest absolute Gasteiger partial charge is 0.408 e. The van der Waals surface area contributed by atoms with Crippen molar-refractivity contribution in [3.8, 4) is 11.1 Å². The predicted molar refractivity (Wildman–Crippen MR) is 122 cm³/mol. The van der Waals surface area contributed by atoms with Crippen LogP contribution in [0.4, 0.5) is 10.6 Å². The lowest BCUT2D eigenvalue weighted by Gasteiger charge is -2.32. The number of nitrogens with one attached hydrogen (secondary N) is 2. The highest BCUT2D eigenvalue weighted by atomic mass is 16.6. The molecule has 0 aliphatic heterocycles. The van der Waals surface area contributed by atoms with E-state index in [1.807, 2.05) is 19.9 Å². The Morgan fingerprint density at radius 2 is 1.84 bits per heavy atom. The van der Waals surface area contributed by atoms with Gasteiger partial charge in [0, 0.05) is 17.3 Å². The van der Waals surface area contributed by atoms with Gasteiger partial charge in [-0.25, -0.2) is 9.78 Å². The molecule has 2 aromatic rings. The van der Waals surface area contributed by atoms with Gasteiger partial charge in [-0.1, -0.05) is 24.9 Å². The van der Waals surface area contributed by atoms with Crippen LogP contribution in [0.5, 0.6) is 0 Å². The van der Waals surface area contributed by atoms with Gasteiger partial charge >= 0.3 is 6.09 Å². The Morgan fingerprint density at radius 3 is 2.38 bits per heavy atom. The van der Waals surface area contributed by atoms with Crippen molar-refractivity contribution < 1.29 is 18.8 Å². The molecule has 8 heteroatoms. The molecule has 0 spiro atoms. The number of rotatable bonds is 5. The molecule has 1 aliphatic carbocycles. The standard InChI is InChI=1S/C24H34N4O4/c1-14-7-9-17(10-8-14)21(27-23(30)31-24(4,5)6)22(29)26-19-12-11-18(13-25-19)20-15(2)28-32-16(20)3/h11-14,17,21H,7-10H2,1-6H3,(H,27,30)(H,25,26,29)/t14?,17?,21-/m0/s1. The summed E-state index contributed by atoms with van der Waals surface area (Å²) in [5.41, 5.74) is 1.91. The van der Waals surface area contributed by atoms with Gasteiger partial charge in [-0.15, -0.1) is 0 Å². The molecule has 1 saturated carbocycles. The largest absolute Gasteiger partial charge is 0.444 e. The summed E-state index contributed by atoms with van der Waals surface area (Å²) in [4.78, 5) is 30.0. The maximum absolute atomic E-state index is 13.2. The normalized spacial score (nSPS) is 19.8. The number of aromatic nitrogens is 2. The fraction of sp³-hybridized carbons (Fsp3) is 0.583. The van der Waals surface area contributed by atoms with E-state index >= 15 is 0 Å². The molecule has 1 aliphatic rings. The molecule has 174 valence electrons. The van der Waals surface area contributed by atoms with Crippen LogP contribution in [0.2, 0.25) is 0 Å². The van der Waals surface area contributed by atoms with E-state index in [1.54, 1.807) is 33.0 Å². The van der Waals surface area contributed by atoms with Gasteiger partial charge in [-0.2, -0.15) is 0 Å². The molecule has 3 rings (SSSR count). The second-order valence-electron chi connectivity index (χ2n) is 9.76. The van der Waals surface area contributed by atoms with Crippen LogP contribution >= 0.6 is 0 Å². The summed E-state index contributed by atoms with van der Waals surface area (Å²) in [6.45, 7) is 11.3. The maximum Gasteiger partial charge on any atom is 0.408 e. The number of amides is 2. The highest BCUT2D eigenvalue weighted by molar-refractivity contribution is 5.96. The zero-order chi connectivity index (χ0) is 23.5. The topological polar surface area (TPSA) is 106 Å². The summed E-state index contributed by atoms with van der Waals surface area (Å²) in [6.07, 6.45) is 4.93. The second kappa shape index (κ2) is 9.71. The SMILES string of the molecule is Cc1noc(C)c1-c1ccc(NC(=O)[C@@H](NC(=O)OC(C)(C)C)C2CCC(C)CC2)nc1. The van der Waals surface area contributed by atoms with Crippen molar-refractivity contribution in [3.63, 3.8) is 0 Å². The van der Waals surface area contributed by atoms with Crippen LogP contribution < -0.4 is 10.6 Å². The van der Waals surface area contributed by atoms with Crippen molar-refractivity contribution >= 4 is 17.8 Å². The molecule has 0 saturated heterocycles. The van der Waals surface area contributed by atoms with E-state index in [4.69, 9.17) is 9.26 Å². The molecule has 8 nitrogen and oxygen atoms in total. The van der Waals surface area contributed by atoms with Crippen LogP contribution in [0.15, 0.2) is 22.9 Å². The summed E-state index contributed by atoms with van der Waals surface area (Å²) in [6, 6.07) is 2.93. The summed E-state index contributed by atoms with van der Waals surface area (Å²) in [5, 5.41) is 9.64. The monoisotopic (exact) mass is 442 g/mol. The third kappa shape index (κ3) is 6.08. The first-order chi connectivity index (χ1) is 15.0. The lowest BCUT2D eigenvalue weighted by Crippen LogP contribution is -2.50. The third-order valence-electron chi connectivity index (χ3n) is 5.82. The summed E-state index contributed by atoms with van der Waals surface area (Å²) < 4.78 is 10.6. The highest BCUT2D eigenvalue weighted by Crippen LogP contribution is 2.31. The van der Waals surface area contributed by atoms with Gasteiger partial charge in [-0.05, 0) is 71.4 Å². The predicted octanol–water partition coefficient (Wildman–Crippen LogP) is 5.01. The first-order valence-corrected chi connectivity index (χ1v) is 11.2. The minimum atomic E-state index is -0.679. The molecule has 2 aromatic heterocycles. The lowest BCUT2D eigenvalue weighted by atomic mass is 9.79. The van der Waals surface area contributed by atoms with Gasteiger partial charge < -0.3 is 19.9 Å². The van der Waals surface area contributed by atoms with Crippen LogP contribution in [-0.4, -0.2) is 33.8 Å². The minimum absolute atomic E-state index is 0.0558. The third-order valence-corrected chi connectivity index (χ3v) is 5.82. The number of pyridine rings is 1. The van der Waals surface area contributed by atoms with Crippen molar-refractivity contribution in [2.24, 2.45) is 11.8 Å². The number of hydrogen-bond acceptors (Lipinski definition) is 6. The number of anilines is 1. The Hall–Kier alpha value is -2.90. The zero-order valence-corrected chi connectivity index (χ0v) is 19.8. The van der Waals surface area contributed by atoms with Gasteiger partial charge in [0.15, 0.2) is 0 Å². The number of carbonyl (C=O) groups is 2. The van der Waals surface area contributed by atoms with E-state index in [1.165, 1.54) is 0 Å². The molecular weight excluding hydrogens is 408 g/mol. The molecule has 0 radical (unpaired) electrons. The van der Waals surface area contributed by atoms with Crippen molar-refractivity contribution in [1.82, 2.24) is 15.5 Å². The van der Waals surface area contributed by atoms with Crippen LogP contribution in [0.3, 0.4) is 0 Å². The average Bonchev–Trinajstić information content (AvgIpc) is 3.04. The van der Waals surface area contributed by atoms with Crippen molar-refractivity contribution in [2.45, 2.75) is 78.9 Å². The number of carbonyl (C=O) groups excluding carboxylic acids is 2. The van der Waals surface area contributed by atoms with E-state index in [-0.39, 0.29) is 11.8 Å². The van der Waals surface area contributed by atoms with Gasteiger partial charge in [0.05, 0.1) is 5.69 Å². The Morgan fingerprint density at radius 1 is 1.16 bits per heavy atom. The Balaban J connectivity index is 1.73. The van der Waals surface area contributed by atoms with E-state index in [9.17, 15) is 9.59 Å². The number of ether oxygens (including phenoxy) is 1. The second-order valence-corrected chi connectivity index (χ2v) is 9.76. The summed E-state index contributed by atoms with van der Waals surface area (Å²) >= 11 is 0. The fourth-order valence-electron chi connectivity index (χ4n) is 4.17. The Kier molecular flexibility index (Phi) is 7.21. The van der Waals surface area contributed by atoms with E-state index in [0.29, 0.717) is 17.5 Å². The van der Waals surface area contributed by atoms with Gasteiger partial charge in [0.25, 0.3) is 0 Å². The quantitative estimate of drug-likeness (QED) is 0.674. The number of nitrogens with zero attached hydrogens (tertiary/aromatic N) is 2. The first-order valence-electron chi connectivity index (χ1n) is 11.2. The molecule has 0 bridgehead atoms. The fourth-order valence-corrected chi connectivity index (χ4v) is 4.17. The van der Waals surface area contributed by atoms with Crippen LogP contribution in [0.1, 0.15) is 64.8 Å². The lowest BCUT2D eigenvalue weighted by molar-refractivity contribution is -0.119. The molecule has 0 unspecified atom stereocenters. The Labute approximate surface area is 189 Å². The van der Waals surface area contributed by atoms with E-state index < -0.39 is 17.7 Å². The zero-order valence-electron chi connectivity index (χ0n) is 19.8. The molecule has 32 heavy (non-hydrogen) atoms. The number of aryl methyl sites for hydroxylation is 2. The van der Waals surface area contributed by atoms with Crippen molar-refractivity contribution in [3.05, 3.63) is 29.8 Å². The van der Waals surface area contributed by atoms with E-state index in [0.717, 1.165) is 42.5 Å². The van der Waals surface area contributed by atoms with Crippen LogP contribution in [-0.2, 0) is 9.53 Å². The van der Waals surface area contributed by atoms with Gasteiger partial charge in [0.2, 0.25) is 5.91 Å². The van der Waals surface area contributed by atoms with Gasteiger partial charge in [0.1, 0.15) is 23.2 Å². The van der Waals surface area contributed by atoms with Gasteiger partial charge in [-0.3, -0.25) is 4.79 Å². The van der Waals surface area contributed by atoms with Crippen LogP contribution in [0, 0.1) is 25.7 Å². The first kappa shape index (κ1) is 23.8. The molecule has 2 amide bonds. The molecule has 2 heterocycles. The average molecular weight is 443 g/mol. The number of hydrogen-bond donors (Lipinski definition) is 2. The summed E-state index contributed by atoms with van der Waals surface area (Å²) in [7, 11) is 0. The molecule has 1 fully saturated rings. The van der Waals surface area contributed by atoms with Crippen LogP contribution in [0.25, 0.3) is 11.1 Å². The molecular formula is C24H34N4O4. The minimum Gasteiger partial charge on any atom is -0.444 e. The molecule has 0 aromatic carbocycles. The molecule has 2 N–H and O–H groups in total. The molecule has 1 atom stereocenters.